The predicted molar refractivity (Wildman–Crippen MR) is 59.4 cm³/mol. The molecule has 0 bridgehead atoms. The summed E-state index contributed by atoms with van der Waals surface area (Å²) in [7, 11) is 0. The molecule has 0 fully saturated rings. The maximum Gasteiger partial charge on any atom is 0.126 e. The summed E-state index contributed by atoms with van der Waals surface area (Å²) in [4.78, 5) is 4.02. The van der Waals surface area contributed by atoms with Crippen LogP contribution in [0.5, 0.6) is 0 Å². The minimum Gasteiger partial charge on any atom is -0.384 e. The highest BCUT2D eigenvalue weighted by molar-refractivity contribution is 5.32. The van der Waals surface area contributed by atoms with Crippen molar-refractivity contribution in [1.82, 2.24) is 4.98 Å². The van der Waals surface area contributed by atoms with Crippen molar-refractivity contribution in [3.8, 4) is 0 Å². The molecule has 2 aromatic rings. The molecular weight excluding hydrogens is 224 g/mol. The number of aliphatic hydroxyl groups is 1. The van der Waals surface area contributed by atoms with Gasteiger partial charge < -0.3 is 5.11 Å². The van der Waals surface area contributed by atoms with Gasteiger partial charge in [-0.15, -0.1) is 0 Å². The Morgan fingerprint density at radius 2 is 1.82 bits per heavy atom. The van der Waals surface area contributed by atoms with Crippen LogP contribution < -0.4 is 0 Å². The molecule has 1 N–H and O–H groups in total. The van der Waals surface area contributed by atoms with E-state index in [-0.39, 0.29) is 5.56 Å². The van der Waals surface area contributed by atoms with E-state index in [0.717, 1.165) is 18.2 Å². The molecule has 1 aromatic heterocycles. The number of hydrogen-bond acceptors (Lipinski definition) is 2. The van der Waals surface area contributed by atoms with E-state index in [9.17, 15) is 13.9 Å². The van der Waals surface area contributed by atoms with Gasteiger partial charge in [0.05, 0.1) is 0 Å². The van der Waals surface area contributed by atoms with Crippen LogP contribution in [0.15, 0.2) is 36.5 Å². The van der Waals surface area contributed by atoms with Crippen molar-refractivity contribution in [2.75, 3.05) is 0 Å². The SMILES string of the molecule is Cc1ncccc1C(O)c1cc(F)cc(F)c1. The molecule has 17 heavy (non-hydrogen) atoms. The van der Waals surface area contributed by atoms with Gasteiger partial charge in [0.2, 0.25) is 0 Å². The molecule has 0 saturated heterocycles. The van der Waals surface area contributed by atoms with Gasteiger partial charge in [0.25, 0.3) is 0 Å². The van der Waals surface area contributed by atoms with E-state index in [1.54, 1.807) is 25.3 Å². The van der Waals surface area contributed by atoms with Crippen LogP contribution in [0, 0.1) is 18.6 Å². The molecule has 1 heterocycles. The topological polar surface area (TPSA) is 33.1 Å². The van der Waals surface area contributed by atoms with Gasteiger partial charge in [-0.1, -0.05) is 6.07 Å². The van der Waals surface area contributed by atoms with Gasteiger partial charge in [0, 0.05) is 23.5 Å². The first-order valence-electron chi connectivity index (χ1n) is 5.13. The van der Waals surface area contributed by atoms with Gasteiger partial charge in [-0.05, 0) is 30.7 Å². The van der Waals surface area contributed by atoms with Crippen molar-refractivity contribution >= 4 is 0 Å². The summed E-state index contributed by atoms with van der Waals surface area (Å²) in [5.74, 6) is -1.42. The molecule has 0 aliphatic heterocycles. The number of aromatic nitrogens is 1. The van der Waals surface area contributed by atoms with Gasteiger partial charge in [0.1, 0.15) is 17.7 Å². The Kier molecular flexibility index (Phi) is 3.15. The number of aliphatic hydroxyl groups excluding tert-OH is 1. The smallest absolute Gasteiger partial charge is 0.126 e. The molecule has 0 amide bonds. The van der Waals surface area contributed by atoms with Crippen LogP contribution >= 0.6 is 0 Å². The first-order valence-corrected chi connectivity index (χ1v) is 5.13. The molecule has 2 rings (SSSR count). The average Bonchev–Trinajstić information content (AvgIpc) is 2.27. The van der Waals surface area contributed by atoms with Crippen LogP contribution in [0.1, 0.15) is 22.9 Å². The highest BCUT2D eigenvalue weighted by Crippen LogP contribution is 2.24. The second-order valence-corrected chi connectivity index (χ2v) is 3.78. The Morgan fingerprint density at radius 3 is 2.41 bits per heavy atom. The van der Waals surface area contributed by atoms with Crippen LogP contribution in [0.2, 0.25) is 0 Å². The summed E-state index contributed by atoms with van der Waals surface area (Å²) in [5, 5.41) is 10.0. The fourth-order valence-electron chi connectivity index (χ4n) is 1.70. The predicted octanol–water partition coefficient (Wildman–Crippen LogP) is 2.75. The largest absolute Gasteiger partial charge is 0.384 e. The number of halogens is 2. The highest BCUT2D eigenvalue weighted by Gasteiger charge is 2.15. The fraction of sp³-hybridized carbons (Fsp3) is 0.154. The molecule has 1 aromatic carbocycles. The third-order valence-corrected chi connectivity index (χ3v) is 2.54. The van der Waals surface area contributed by atoms with E-state index >= 15 is 0 Å². The van der Waals surface area contributed by atoms with Crippen molar-refractivity contribution in [1.29, 1.82) is 0 Å². The molecule has 2 nitrogen and oxygen atoms in total. The quantitative estimate of drug-likeness (QED) is 0.868. The van der Waals surface area contributed by atoms with Crippen LogP contribution in [0.3, 0.4) is 0 Å². The zero-order chi connectivity index (χ0) is 12.4. The van der Waals surface area contributed by atoms with Gasteiger partial charge in [-0.2, -0.15) is 0 Å². The number of pyridine rings is 1. The van der Waals surface area contributed by atoms with Crippen molar-refractivity contribution in [3.63, 3.8) is 0 Å². The van der Waals surface area contributed by atoms with Gasteiger partial charge in [0.15, 0.2) is 0 Å². The van der Waals surface area contributed by atoms with Crippen LogP contribution in [-0.4, -0.2) is 10.1 Å². The molecular formula is C13H11F2NO. The number of hydrogen-bond donors (Lipinski definition) is 1. The van der Waals surface area contributed by atoms with E-state index in [4.69, 9.17) is 0 Å². The van der Waals surface area contributed by atoms with Crippen molar-refractivity contribution in [3.05, 3.63) is 65.0 Å². The van der Waals surface area contributed by atoms with E-state index in [1.165, 1.54) is 0 Å². The monoisotopic (exact) mass is 235 g/mol. The lowest BCUT2D eigenvalue weighted by Crippen LogP contribution is -2.04. The zero-order valence-corrected chi connectivity index (χ0v) is 9.19. The molecule has 0 radical (unpaired) electrons. The van der Waals surface area contributed by atoms with Gasteiger partial charge in [-0.25, -0.2) is 8.78 Å². The molecule has 4 heteroatoms. The summed E-state index contributed by atoms with van der Waals surface area (Å²) in [6, 6.07) is 6.34. The van der Waals surface area contributed by atoms with Gasteiger partial charge >= 0.3 is 0 Å². The van der Waals surface area contributed by atoms with E-state index in [0.29, 0.717) is 11.3 Å². The lowest BCUT2D eigenvalue weighted by Gasteiger charge is -2.13. The lowest BCUT2D eigenvalue weighted by atomic mass is 10.0. The van der Waals surface area contributed by atoms with Crippen LogP contribution in [0.25, 0.3) is 0 Å². The first kappa shape index (κ1) is 11.7. The Hall–Kier alpha value is -1.81. The van der Waals surface area contributed by atoms with Crippen molar-refractivity contribution in [2.45, 2.75) is 13.0 Å². The molecule has 1 atom stereocenters. The number of aryl methyl sites for hydroxylation is 1. The molecule has 88 valence electrons. The Bertz CT molecular complexity index is 522. The van der Waals surface area contributed by atoms with E-state index in [1.807, 2.05) is 0 Å². The zero-order valence-electron chi connectivity index (χ0n) is 9.19. The Morgan fingerprint density at radius 1 is 1.18 bits per heavy atom. The summed E-state index contributed by atoms with van der Waals surface area (Å²) >= 11 is 0. The third kappa shape index (κ3) is 2.47. The minimum absolute atomic E-state index is 0.179. The number of nitrogens with zero attached hydrogens (tertiary/aromatic N) is 1. The maximum atomic E-state index is 13.0. The average molecular weight is 235 g/mol. The number of rotatable bonds is 2. The van der Waals surface area contributed by atoms with Crippen molar-refractivity contribution in [2.24, 2.45) is 0 Å². The minimum atomic E-state index is -1.08. The molecule has 1 unspecified atom stereocenters. The van der Waals surface area contributed by atoms with E-state index < -0.39 is 17.7 Å². The summed E-state index contributed by atoms with van der Waals surface area (Å²) < 4.78 is 26.1. The van der Waals surface area contributed by atoms with E-state index in [2.05, 4.69) is 4.98 Å². The van der Waals surface area contributed by atoms with Crippen molar-refractivity contribution < 1.29 is 13.9 Å². The summed E-state index contributed by atoms with van der Waals surface area (Å²) in [6.45, 7) is 1.73. The first-order chi connectivity index (χ1) is 8.08. The molecule has 0 spiro atoms. The molecule has 0 aliphatic rings. The Labute approximate surface area is 97.6 Å². The maximum absolute atomic E-state index is 13.0. The lowest BCUT2D eigenvalue weighted by molar-refractivity contribution is 0.218. The standard InChI is InChI=1S/C13H11F2NO/c1-8-12(3-2-4-16-8)13(17)9-5-10(14)7-11(15)6-9/h2-7,13,17H,1H3. The fourth-order valence-corrected chi connectivity index (χ4v) is 1.70. The number of benzene rings is 1. The Balaban J connectivity index is 2.43. The normalized spacial score (nSPS) is 12.5. The second kappa shape index (κ2) is 4.59. The second-order valence-electron chi connectivity index (χ2n) is 3.78. The van der Waals surface area contributed by atoms with Gasteiger partial charge in [-0.3, -0.25) is 4.98 Å². The molecule has 0 saturated carbocycles. The summed E-state index contributed by atoms with van der Waals surface area (Å²) in [6.07, 6.45) is 0.520. The summed E-state index contributed by atoms with van der Waals surface area (Å²) in [5.41, 5.74) is 1.35. The van der Waals surface area contributed by atoms with Crippen LogP contribution in [-0.2, 0) is 0 Å². The van der Waals surface area contributed by atoms with Crippen LogP contribution in [0.4, 0.5) is 8.78 Å². The highest BCUT2D eigenvalue weighted by atomic mass is 19.1. The third-order valence-electron chi connectivity index (χ3n) is 2.54. The molecule has 0 aliphatic carbocycles.